The molecule has 0 spiro atoms. The number of rotatable bonds is 5. The maximum absolute atomic E-state index is 12.4. The molecule has 0 atom stereocenters. The molecule has 1 N–H and O–H groups in total. The fourth-order valence-corrected chi connectivity index (χ4v) is 2.88. The highest BCUT2D eigenvalue weighted by atomic mass is 35.5. The van der Waals surface area contributed by atoms with Gasteiger partial charge in [0.2, 0.25) is 5.91 Å². The van der Waals surface area contributed by atoms with Gasteiger partial charge in [-0.25, -0.2) is 0 Å². The standard InChI is InChI=1S/C22H18ClN3O2/c1-14-5-6-25-13-20(14)26-22(27)10-16-4-3-15(2)21(9-16)28-19-8-17(12-24)7-18(23)11-19/h3-9,11,13H,10H2,1-2H3,(H,26,27). The molecule has 1 heterocycles. The first kappa shape index (κ1) is 19.4. The zero-order valence-corrected chi connectivity index (χ0v) is 16.2. The molecule has 0 aliphatic heterocycles. The largest absolute Gasteiger partial charge is 0.457 e. The van der Waals surface area contributed by atoms with Gasteiger partial charge in [0, 0.05) is 11.2 Å². The van der Waals surface area contributed by atoms with Gasteiger partial charge in [-0.15, -0.1) is 0 Å². The number of aromatic nitrogens is 1. The molecule has 3 rings (SSSR count). The summed E-state index contributed by atoms with van der Waals surface area (Å²) in [6, 6.07) is 14.3. The maximum Gasteiger partial charge on any atom is 0.228 e. The minimum atomic E-state index is -0.138. The Bertz CT molecular complexity index is 1070. The second-order valence-electron chi connectivity index (χ2n) is 6.40. The molecule has 0 fully saturated rings. The molecule has 6 heteroatoms. The van der Waals surface area contributed by atoms with Crippen molar-refractivity contribution in [3.05, 3.63) is 82.1 Å². The van der Waals surface area contributed by atoms with E-state index in [-0.39, 0.29) is 12.3 Å². The number of carbonyl (C=O) groups excluding carboxylic acids is 1. The van der Waals surface area contributed by atoms with Crippen molar-refractivity contribution in [2.75, 3.05) is 5.32 Å². The molecule has 28 heavy (non-hydrogen) atoms. The number of amides is 1. The van der Waals surface area contributed by atoms with Crippen molar-refractivity contribution in [3.63, 3.8) is 0 Å². The van der Waals surface area contributed by atoms with Gasteiger partial charge in [-0.3, -0.25) is 9.78 Å². The molecule has 1 amide bonds. The Kier molecular flexibility index (Phi) is 5.93. The summed E-state index contributed by atoms with van der Waals surface area (Å²) in [7, 11) is 0. The SMILES string of the molecule is Cc1ccncc1NC(=O)Cc1ccc(C)c(Oc2cc(Cl)cc(C#N)c2)c1. The molecular formula is C22H18ClN3O2. The molecule has 0 aliphatic carbocycles. The summed E-state index contributed by atoms with van der Waals surface area (Å²) in [6.07, 6.45) is 3.51. The first-order valence-corrected chi connectivity index (χ1v) is 9.01. The Morgan fingerprint density at radius 2 is 2.00 bits per heavy atom. The van der Waals surface area contributed by atoms with Crippen molar-refractivity contribution in [3.8, 4) is 17.6 Å². The Hall–Kier alpha value is -3.36. The summed E-state index contributed by atoms with van der Waals surface area (Å²) in [6.45, 7) is 3.82. The van der Waals surface area contributed by atoms with Gasteiger partial charge in [-0.2, -0.15) is 5.26 Å². The predicted molar refractivity (Wildman–Crippen MR) is 109 cm³/mol. The minimum Gasteiger partial charge on any atom is -0.457 e. The fraction of sp³-hybridized carbons (Fsp3) is 0.136. The summed E-state index contributed by atoms with van der Waals surface area (Å²) < 4.78 is 5.91. The van der Waals surface area contributed by atoms with Crippen molar-refractivity contribution in [2.45, 2.75) is 20.3 Å². The third kappa shape index (κ3) is 4.87. The van der Waals surface area contributed by atoms with Crippen LogP contribution in [0.2, 0.25) is 5.02 Å². The van der Waals surface area contributed by atoms with Crippen LogP contribution in [0, 0.1) is 25.2 Å². The van der Waals surface area contributed by atoms with E-state index in [1.54, 1.807) is 30.6 Å². The average molecular weight is 392 g/mol. The van der Waals surface area contributed by atoms with Gasteiger partial charge in [0.05, 0.1) is 29.9 Å². The number of halogens is 1. The highest BCUT2D eigenvalue weighted by Crippen LogP contribution is 2.29. The zero-order chi connectivity index (χ0) is 20.1. The number of anilines is 1. The molecule has 0 unspecified atom stereocenters. The molecule has 140 valence electrons. The van der Waals surface area contributed by atoms with Crippen LogP contribution in [0.1, 0.15) is 22.3 Å². The van der Waals surface area contributed by atoms with Gasteiger partial charge < -0.3 is 10.1 Å². The Morgan fingerprint density at radius 3 is 2.75 bits per heavy atom. The Balaban J connectivity index is 1.76. The number of nitrogens with zero attached hydrogens (tertiary/aromatic N) is 2. The average Bonchev–Trinajstić information content (AvgIpc) is 2.66. The fourth-order valence-electron chi connectivity index (χ4n) is 2.65. The van der Waals surface area contributed by atoms with Gasteiger partial charge in [-0.05, 0) is 60.9 Å². The smallest absolute Gasteiger partial charge is 0.228 e. The summed E-state index contributed by atoms with van der Waals surface area (Å²) >= 11 is 6.04. The van der Waals surface area contributed by atoms with Crippen LogP contribution in [-0.2, 0) is 11.2 Å². The van der Waals surface area contributed by atoms with Crippen LogP contribution in [0.4, 0.5) is 5.69 Å². The van der Waals surface area contributed by atoms with Crippen molar-refractivity contribution in [2.24, 2.45) is 0 Å². The number of benzene rings is 2. The molecule has 0 radical (unpaired) electrons. The molecule has 0 saturated carbocycles. The molecule has 5 nitrogen and oxygen atoms in total. The number of aryl methyl sites for hydroxylation is 2. The van der Waals surface area contributed by atoms with Crippen LogP contribution in [0.15, 0.2) is 54.9 Å². The van der Waals surface area contributed by atoms with Gasteiger partial charge in [0.25, 0.3) is 0 Å². The van der Waals surface area contributed by atoms with Crippen molar-refractivity contribution >= 4 is 23.2 Å². The van der Waals surface area contributed by atoms with Gasteiger partial charge in [0.15, 0.2) is 0 Å². The number of hydrogen-bond donors (Lipinski definition) is 1. The van der Waals surface area contributed by atoms with E-state index in [0.717, 1.165) is 16.7 Å². The lowest BCUT2D eigenvalue weighted by Crippen LogP contribution is -2.15. The monoisotopic (exact) mass is 391 g/mol. The topological polar surface area (TPSA) is 75.0 Å². The predicted octanol–water partition coefficient (Wildman–Crippen LogP) is 5.20. The number of pyridine rings is 1. The zero-order valence-electron chi connectivity index (χ0n) is 15.5. The van der Waals surface area contributed by atoms with Crippen LogP contribution in [-0.4, -0.2) is 10.9 Å². The van der Waals surface area contributed by atoms with Crippen molar-refractivity contribution in [1.29, 1.82) is 5.26 Å². The molecule has 3 aromatic rings. The lowest BCUT2D eigenvalue weighted by atomic mass is 10.1. The van der Waals surface area contributed by atoms with E-state index >= 15 is 0 Å². The second kappa shape index (κ2) is 8.55. The van der Waals surface area contributed by atoms with Crippen LogP contribution < -0.4 is 10.1 Å². The van der Waals surface area contributed by atoms with Crippen molar-refractivity contribution in [1.82, 2.24) is 4.98 Å². The van der Waals surface area contributed by atoms with Crippen LogP contribution in [0.5, 0.6) is 11.5 Å². The summed E-state index contributed by atoms with van der Waals surface area (Å²) in [5.74, 6) is 0.939. The van der Waals surface area contributed by atoms with Gasteiger partial charge in [0.1, 0.15) is 11.5 Å². The quantitative estimate of drug-likeness (QED) is 0.648. The van der Waals surface area contributed by atoms with Crippen LogP contribution in [0.25, 0.3) is 0 Å². The molecule has 1 aromatic heterocycles. The molecule has 0 aliphatic rings. The van der Waals surface area contributed by atoms with Crippen LogP contribution in [0.3, 0.4) is 0 Å². The lowest BCUT2D eigenvalue weighted by molar-refractivity contribution is -0.115. The number of nitrogens with one attached hydrogen (secondary N) is 1. The summed E-state index contributed by atoms with van der Waals surface area (Å²) in [5.41, 5.74) is 3.78. The van der Waals surface area contributed by atoms with E-state index in [4.69, 9.17) is 21.6 Å². The highest BCUT2D eigenvalue weighted by Gasteiger charge is 2.10. The molecule has 0 bridgehead atoms. The van der Waals surface area contributed by atoms with E-state index in [2.05, 4.69) is 16.4 Å². The van der Waals surface area contributed by atoms with Gasteiger partial charge in [-0.1, -0.05) is 23.7 Å². The first-order valence-electron chi connectivity index (χ1n) is 8.63. The van der Waals surface area contributed by atoms with E-state index in [1.165, 1.54) is 0 Å². The molecule has 2 aromatic carbocycles. The first-order chi connectivity index (χ1) is 13.4. The van der Waals surface area contributed by atoms with Crippen LogP contribution >= 0.6 is 11.6 Å². The Morgan fingerprint density at radius 1 is 1.18 bits per heavy atom. The number of carbonyl (C=O) groups is 1. The summed E-state index contributed by atoms with van der Waals surface area (Å²) in [5, 5.41) is 12.4. The lowest BCUT2D eigenvalue weighted by Gasteiger charge is -2.12. The number of ether oxygens (including phenoxy) is 1. The number of hydrogen-bond acceptors (Lipinski definition) is 4. The minimum absolute atomic E-state index is 0.138. The van der Waals surface area contributed by atoms with Crippen molar-refractivity contribution < 1.29 is 9.53 Å². The highest BCUT2D eigenvalue weighted by molar-refractivity contribution is 6.30. The van der Waals surface area contributed by atoms with E-state index in [9.17, 15) is 4.79 Å². The number of nitriles is 1. The van der Waals surface area contributed by atoms with E-state index < -0.39 is 0 Å². The summed E-state index contributed by atoms with van der Waals surface area (Å²) in [4.78, 5) is 16.4. The molecule has 0 saturated heterocycles. The third-order valence-electron chi connectivity index (χ3n) is 4.16. The van der Waals surface area contributed by atoms with Gasteiger partial charge >= 0.3 is 0 Å². The third-order valence-corrected chi connectivity index (χ3v) is 4.38. The maximum atomic E-state index is 12.4. The van der Waals surface area contributed by atoms with E-state index in [0.29, 0.717) is 27.8 Å². The normalized spacial score (nSPS) is 10.2. The second-order valence-corrected chi connectivity index (χ2v) is 6.84. The molecular weight excluding hydrogens is 374 g/mol. The van der Waals surface area contributed by atoms with E-state index in [1.807, 2.05) is 38.1 Å². The Labute approximate surface area is 168 Å².